The molecule has 1 saturated carbocycles. The summed E-state index contributed by atoms with van der Waals surface area (Å²) in [5, 5.41) is 2.89. The van der Waals surface area contributed by atoms with Crippen LogP contribution < -0.4 is 5.32 Å². The maximum Gasteiger partial charge on any atom is 0.229 e. The zero-order valence-corrected chi connectivity index (χ0v) is 13.3. The maximum absolute atomic E-state index is 12.3. The minimum atomic E-state index is 0.0350. The van der Waals surface area contributed by atoms with Gasteiger partial charge < -0.3 is 5.32 Å². The second kappa shape index (κ2) is 5.08. The third-order valence-electron chi connectivity index (χ3n) is 3.68. The summed E-state index contributed by atoms with van der Waals surface area (Å²) in [4.78, 5) is 16.4. The molecule has 19 heavy (non-hydrogen) atoms. The summed E-state index contributed by atoms with van der Waals surface area (Å²) < 4.78 is 0.902. The van der Waals surface area contributed by atoms with E-state index in [1.807, 2.05) is 6.07 Å². The van der Waals surface area contributed by atoms with Gasteiger partial charge in [-0.05, 0) is 53.2 Å². The van der Waals surface area contributed by atoms with Gasteiger partial charge in [0.25, 0.3) is 0 Å². The molecule has 1 aromatic heterocycles. The summed E-state index contributed by atoms with van der Waals surface area (Å²) in [6.45, 7) is 8.41. The van der Waals surface area contributed by atoms with E-state index in [0.29, 0.717) is 11.7 Å². The Morgan fingerprint density at radius 2 is 2.11 bits per heavy atom. The van der Waals surface area contributed by atoms with E-state index in [2.05, 4.69) is 60.0 Å². The minimum absolute atomic E-state index is 0.0350. The van der Waals surface area contributed by atoms with Crippen molar-refractivity contribution in [3.8, 4) is 0 Å². The van der Waals surface area contributed by atoms with Crippen LogP contribution in [0.5, 0.6) is 0 Å². The quantitative estimate of drug-likeness (QED) is 0.854. The highest BCUT2D eigenvalue weighted by Gasteiger charge is 2.60. The molecular weight excluding hydrogens is 304 g/mol. The molecule has 0 aliphatic heterocycles. The van der Waals surface area contributed by atoms with Crippen LogP contribution in [0.15, 0.2) is 34.5 Å². The first-order valence-corrected chi connectivity index (χ1v) is 7.19. The number of hydrogen-bond donors (Lipinski definition) is 1. The molecule has 2 rings (SSSR count). The molecule has 0 aromatic carbocycles. The Kier molecular flexibility index (Phi) is 3.81. The fourth-order valence-electron chi connectivity index (χ4n) is 2.50. The minimum Gasteiger partial charge on any atom is -0.310 e. The Labute approximate surface area is 122 Å². The molecule has 1 heterocycles. The third-order valence-corrected chi connectivity index (χ3v) is 4.15. The fourth-order valence-corrected chi connectivity index (χ4v) is 2.74. The van der Waals surface area contributed by atoms with Crippen LogP contribution in [-0.4, -0.2) is 10.9 Å². The predicted octanol–water partition coefficient (Wildman–Crippen LogP) is 4.02. The lowest BCUT2D eigenvalue weighted by Gasteiger charge is -2.05. The molecule has 1 N–H and O–H groups in total. The summed E-state index contributed by atoms with van der Waals surface area (Å²) in [6, 6.07) is 3.67. The van der Waals surface area contributed by atoms with Crippen molar-refractivity contribution >= 4 is 27.7 Å². The second-order valence-electron chi connectivity index (χ2n) is 5.92. The lowest BCUT2D eigenvalue weighted by molar-refractivity contribution is -0.118. The fraction of sp³-hybridized carbons (Fsp3) is 0.467. The van der Waals surface area contributed by atoms with E-state index in [1.54, 1.807) is 12.3 Å². The molecule has 0 bridgehead atoms. The molecule has 102 valence electrons. The van der Waals surface area contributed by atoms with Gasteiger partial charge in [-0.15, -0.1) is 0 Å². The van der Waals surface area contributed by atoms with E-state index in [-0.39, 0.29) is 17.2 Å². The van der Waals surface area contributed by atoms with Crippen molar-refractivity contribution in [2.45, 2.75) is 27.7 Å². The van der Waals surface area contributed by atoms with E-state index in [0.717, 1.165) is 4.47 Å². The van der Waals surface area contributed by atoms with Gasteiger partial charge in [-0.25, -0.2) is 4.98 Å². The van der Waals surface area contributed by atoms with Crippen LogP contribution in [0.1, 0.15) is 27.7 Å². The largest absolute Gasteiger partial charge is 0.310 e. The van der Waals surface area contributed by atoms with E-state index in [1.165, 1.54) is 5.57 Å². The van der Waals surface area contributed by atoms with E-state index in [9.17, 15) is 4.79 Å². The van der Waals surface area contributed by atoms with Crippen LogP contribution in [-0.2, 0) is 4.79 Å². The highest BCUT2D eigenvalue weighted by atomic mass is 79.9. The topological polar surface area (TPSA) is 42.0 Å². The van der Waals surface area contributed by atoms with Crippen molar-refractivity contribution < 1.29 is 4.79 Å². The number of carbonyl (C=O) groups excluding carboxylic acids is 1. The number of nitrogens with zero attached hydrogens (tertiary/aromatic N) is 1. The number of halogens is 1. The lowest BCUT2D eigenvalue weighted by atomic mass is 10.1. The molecule has 1 aliphatic rings. The Morgan fingerprint density at radius 1 is 1.42 bits per heavy atom. The molecule has 0 saturated heterocycles. The first-order chi connectivity index (χ1) is 8.82. The van der Waals surface area contributed by atoms with Crippen LogP contribution in [0.25, 0.3) is 0 Å². The Hall–Kier alpha value is -1.16. The van der Waals surface area contributed by atoms with Crippen molar-refractivity contribution in [3.05, 3.63) is 34.5 Å². The third kappa shape index (κ3) is 3.06. The lowest BCUT2D eigenvalue weighted by Crippen LogP contribution is -2.17. The number of anilines is 1. The normalized spacial score (nSPS) is 23.6. The molecule has 0 unspecified atom stereocenters. The summed E-state index contributed by atoms with van der Waals surface area (Å²) in [5.41, 5.74) is 1.30. The van der Waals surface area contributed by atoms with Crippen LogP contribution in [0.3, 0.4) is 0 Å². The zero-order valence-electron chi connectivity index (χ0n) is 11.7. The SMILES string of the molecule is CC(C)=C[C@H]1[C@H](C(=O)Nc2ccc(Br)cn2)C1(C)C. The van der Waals surface area contributed by atoms with Crippen LogP contribution >= 0.6 is 15.9 Å². The van der Waals surface area contributed by atoms with Crippen molar-refractivity contribution in [1.82, 2.24) is 4.98 Å². The number of hydrogen-bond acceptors (Lipinski definition) is 2. The van der Waals surface area contributed by atoms with Gasteiger partial charge in [-0.1, -0.05) is 25.5 Å². The van der Waals surface area contributed by atoms with Gasteiger partial charge in [0.1, 0.15) is 5.82 Å². The van der Waals surface area contributed by atoms with Crippen molar-refractivity contribution in [3.63, 3.8) is 0 Å². The molecule has 3 nitrogen and oxygen atoms in total. The monoisotopic (exact) mass is 322 g/mol. The van der Waals surface area contributed by atoms with Gasteiger partial charge in [0.2, 0.25) is 5.91 Å². The Morgan fingerprint density at radius 3 is 2.63 bits per heavy atom. The van der Waals surface area contributed by atoms with Crippen molar-refractivity contribution in [1.29, 1.82) is 0 Å². The molecule has 0 spiro atoms. The van der Waals surface area contributed by atoms with Gasteiger partial charge >= 0.3 is 0 Å². The maximum atomic E-state index is 12.3. The number of aromatic nitrogens is 1. The summed E-state index contributed by atoms with van der Waals surface area (Å²) in [7, 11) is 0. The Bertz CT molecular complexity index is 515. The smallest absolute Gasteiger partial charge is 0.229 e. The van der Waals surface area contributed by atoms with Gasteiger partial charge in [-0.3, -0.25) is 4.79 Å². The van der Waals surface area contributed by atoms with E-state index in [4.69, 9.17) is 0 Å². The van der Waals surface area contributed by atoms with Gasteiger partial charge in [0.15, 0.2) is 0 Å². The Balaban J connectivity index is 2.05. The molecule has 0 radical (unpaired) electrons. The first kappa shape index (κ1) is 14.3. The molecule has 1 fully saturated rings. The van der Waals surface area contributed by atoms with E-state index < -0.39 is 0 Å². The number of rotatable bonds is 3. The number of pyridine rings is 1. The summed E-state index contributed by atoms with van der Waals surface area (Å²) in [6.07, 6.45) is 3.88. The average molecular weight is 323 g/mol. The zero-order chi connectivity index (χ0) is 14.2. The van der Waals surface area contributed by atoms with Crippen LogP contribution in [0.4, 0.5) is 5.82 Å². The number of carbonyl (C=O) groups is 1. The molecule has 1 amide bonds. The van der Waals surface area contributed by atoms with Gasteiger partial charge in [0, 0.05) is 10.7 Å². The molecule has 1 aromatic rings. The van der Waals surface area contributed by atoms with Crippen molar-refractivity contribution in [2.24, 2.45) is 17.3 Å². The highest BCUT2D eigenvalue weighted by molar-refractivity contribution is 9.10. The second-order valence-corrected chi connectivity index (χ2v) is 6.84. The van der Waals surface area contributed by atoms with Crippen molar-refractivity contribution in [2.75, 3.05) is 5.32 Å². The summed E-state index contributed by atoms with van der Waals surface area (Å²) >= 11 is 3.32. The van der Waals surface area contributed by atoms with Gasteiger partial charge in [0.05, 0.1) is 5.92 Å². The first-order valence-electron chi connectivity index (χ1n) is 6.40. The molecule has 1 aliphatic carbocycles. The van der Waals surface area contributed by atoms with Gasteiger partial charge in [-0.2, -0.15) is 0 Å². The average Bonchev–Trinajstić information content (AvgIpc) is 2.83. The number of nitrogens with one attached hydrogen (secondary N) is 1. The predicted molar refractivity (Wildman–Crippen MR) is 80.8 cm³/mol. The summed E-state index contributed by atoms with van der Waals surface area (Å²) in [5.74, 6) is 1.02. The molecule has 2 atom stereocenters. The number of allylic oxidation sites excluding steroid dienone is 2. The molecular formula is C15H19BrN2O. The standard InChI is InChI=1S/C15H19BrN2O/c1-9(2)7-11-13(15(11,3)4)14(19)18-12-6-5-10(16)8-17-12/h5-8,11,13H,1-4H3,(H,17,18,19)/t11-,13+/m0/s1. The molecule has 4 heteroatoms. The van der Waals surface area contributed by atoms with Crippen LogP contribution in [0.2, 0.25) is 0 Å². The van der Waals surface area contributed by atoms with Crippen LogP contribution in [0, 0.1) is 17.3 Å². The number of amides is 1. The van der Waals surface area contributed by atoms with E-state index >= 15 is 0 Å². The highest BCUT2D eigenvalue weighted by Crippen LogP contribution is 2.59.